The first-order valence-corrected chi connectivity index (χ1v) is 11.8. The Morgan fingerprint density at radius 1 is 1.26 bits per heavy atom. The van der Waals surface area contributed by atoms with Crippen molar-refractivity contribution in [3.63, 3.8) is 0 Å². The molecule has 186 valence electrons. The summed E-state index contributed by atoms with van der Waals surface area (Å²) in [5.41, 5.74) is 7.61. The van der Waals surface area contributed by atoms with E-state index in [0.29, 0.717) is 35.0 Å². The van der Waals surface area contributed by atoms with Gasteiger partial charge < -0.3 is 20.5 Å². The summed E-state index contributed by atoms with van der Waals surface area (Å²) >= 11 is 0. The Labute approximate surface area is 202 Å². The molecule has 1 aliphatic heterocycles. The van der Waals surface area contributed by atoms with E-state index in [4.69, 9.17) is 15.5 Å². The van der Waals surface area contributed by atoms with Crippen LogP contribution in [0.15, 0.2) is 24.5 Å². The van der Waals surface area contributed by atoms with E-state index in [1.165, 1.54) is 23.8 Å². The van der Waals surface area contributed by atoms with Gasteiger partial charge in [-0.25, -0.2) is 14.4 Å². The molecule has 4 heterocycles. The number of halogens is 1. The molecule has 0 aliphatic carbocycles. The van der Waals surface area contributed by atoms with Crippen molar-refractivity contribution in [1.82, 2.24) is 29.4 Å². The van der Waals surface area contributed by atoms with Gasteiger partial charge in [0.1, 0.15) is 0 Å². The van der Waals surface area contributed by atoms with Crippen LogP contribution < -0.4 is 15.4 Å². The van der Waals surface area contributed by atoms with Gasteiger partial charge in [-0.1, -0.05) is 0 Å². The van der Waals surface area contributed by atoms with Crippen LogP contribution in [0, 0.1) is 5.82 Å². The van der Waals surface area contributed by atoms with Crippen LogP contribution in [0.3, 0.4) is 0 Å². The van der Waals surface area contributed by atoms with Crippen LogP contribution >= 0.6 is 0 Å². The number of methoxy groups -OCH3 is 1. The Kier molecular flexibility index (Phi) is 5.54. The molecule has 4 aromatic rings. The smallest absolute Gasteiger partial charge is 0.223 e. The number of aliphatic hydroxyl groups excluding tert-OH is 1. The molecule has 5 rings (SSSR count). The summed E-state index contributed by atoms with van der Waals surface area (Å²) in [6.07, 6.45) is 5.13. The van der Waals surface area contributed by atoms with Crippen molar-refractivity contribution >= 4 is 28.2 Å². The summed E-state index contributed by atoms with van der Waals surface area (Å²) in [7, 11) is 1.41. The van der Waals surface area contributed by atoms with Gasteiger partial charge in [0.25, 0.3) is 0 Å². The lowest BCUT2D eigenvalue weighted by Gasteiger charge is -2.38. The van der Waals surface area contributed by atoms with Crippen molar-refractivity contribution in [2.75, 3.05) is 24.3 Å². The van der Waals surface area contributed by atoms with Crippen LogP contribution in [-0.4, -0.2) is 60.3 Å². The van der Waals surface area contributed by atoms with Gasteiger partial charge in [-0.3, -0.25) is 4.68 Å². The van der Waals surface area contributed by atoms with Crippen molar-refractivity contribution in [2.45, 2.75) is 64.1 Å². The number of nitrogen functional groups attached to an aromatic ring is 1. The molecule has 1 aromatic carbocycles. The second-order valence-electron chi connectivity index (χ2n) is 9.93. The molecule has 0 amide bonds. The maximum absolute atomic E-state index is 14.5. The van der Waals surface area contributed by atoms with Crippen LogP contribution in [0.4, 0.5) is 16.0 Å². The van der Waals surface area contributed by atoms with E-state index in [9.17, 15) is 9.50 Å². The topological polar surface area (TPSA) is 120 Å². The Hall–Kier alpha value is -3.47. The molecule has 1 aliphatic rings. The van der Waals surface area contributed by atoms with Gasteiger partial charge in [0.15, 0.2) is 23.0 Å². The molecule has 0 bridgehead atoms. The summed E-state index contributed by atoms with van der Waals surface area (Å²) in [5.74, 6) is 0.493. The number of fused-ring (bicyclic) bond motifs is 3. The first-order valence-electron chi connectivity index (χ1n) is 11.8. The van der Waals surface area contributed by atoms with E-state index in [1.54, 1.807) is 6.92 Å². The zero-order valence-electron chi connectivity index (χ0n) is 20.6. The van der Waals surface area contributed by atoms with E-state index in [1.807, 2.05) is 30.9 Å². The maximum Gasteiger partial charge on any atom is 0.223 e. The minimum Gasteiger partial charge on any atom is -0.494 e. The molecule has 0 unspecified atom stereocenters. The third-order valence-corrected chi connectivity index (χ3v) is 7.35. The van der Waals surface area contributed by atoms with Gasteiger partial charge in [-0.2, -0.15) is 9.61 Å². The summed E-state index contributed by atoms with van der Waals surface area (Å²) in [5, 5.41) is 19.9. The number of ether oxygens (including phenoxy) is 1. The fourth-order valence-electron chi connectivity index (χ4n) is 4.62. The second-order valence-corrected chi connectivity index (χ2v) is 9.93. The highest BCUT2D eigenvalue weighted by Crippen LogP contribution is 2.34. The van der Waals surface area contributed by atoms with E-state index in [-0.39, 0.29) is 17.6 Å². The zero-order valence-corrected chi connectivity index (χ0v) is 20.6. The molecular weight excluding hydrogens is 451 g/mol. The van der Waals surface area contributed by atoms with Gasteiger partial charge in [0, 0.05) is 36.2 Å². The van der Waals surface area contributed by atoms with E-state index in [0.717, 1.165) is 18.5 Å². The highest BCUT2D eigenvalue weighted by molar-refractivity contribution is 5.93. The number of aliphatic hydroxyl groups is 1. The molecule has 0 spiro atoms. The normalized spacial score (nSPS) is 20.0. The monoisotopic (exact) mass is 482 g/mol. The molecule has 1 saturated heterocycles. The Balaban J connectivity index is 1.49. The molecule has 1 fully saturated rings. The van der Waals surface area contributed by atoms with Crippen molar-refractivity contribution in [1.29, 1.82) is 0 Å². The van der Waals surface area contributed by atoms with Gasteiger partial charge in [0.05, 0.1) is 36.2 Å². The van der Waals surface area contributed by atoms with Crippen molar-refractivity contribution in [2.24, 2.45) is 0 Å². The average molecular weight is 483 g/mol. The van der Waals surface area contributed by atoms with Crippen LogP contribution in [0.25, 0.3) is 16.6 Å². The predicted molar refractivity (Wildman–Crippen MR) is 131 cm³/mol. The number of anilines is 2. The molecule has 0 saturated carbocycles. The first-order chi connectivity index (χ1) is 16.6. The lowest BCUT2D eigenvalue weighted by atomic mass is 9.92. The molecule has 10 nitrogen and oxygen atoms in total. The number of nitrogens with two attached hydrogens (primary N) is 1. The van der Waals surface area contributed by atoms with E-state index < -0.39 is 17.5 Å². The highest BCUT2D eigenvalue weighted by atomic mass is 19.1. The van der Waals surface area contributed by atoms with E-state index in [2.05, 4.69) is 27.0 Å². The quantitative estimate of drug-likeness (QED) is 0.445. The number of rotatable bonds is 5. The summed E-state index contributed by atoms with van der Waals surface area (Å²) < 4.78 is 22.8. The lowest BCUT2D eigenvalue weighted by Crippen LogP contribution is -2.41. The molecule has 0 radical (unpaired) electrons. The number of benzene rings is 1. The van der Waals surface area contributed by atoms with Gasteiger partial charge in [-0.05, 0) is 46.6 Å². The van der Waals surface area contributed by atoms with Crippen molar-refractivity contribution in [3.8, 4) is 5.75 Å². The largest absolute Gasteiger partial charge is 0.494 e. The number of piperidine rings is 1. The molecule has 3 aromatic heterocycles. The second kappa shape index (κ2) is 8.33. The number of hydrogen-bond donors (Lipinski definition) is 2. The van der Waals surface area contributed by atoms with Crippen molar-refractivity contribution in [3.05, 3.63) is 36.2 Å². The lowest BCUT2D eigenvalue weighted by molar-refractivity contribution is 0.0647. The number of nitrogens with zero attached hydrogens (tertiary/aromatic N) is 7. The number of hydrogen-bond acceptors (Lipinski definition) is 8. The standard InChI is InChI=1S/C24H31FN8O2/c1-13-6-7-15(11-31(13)16-10-27-32(12-16)24(3,4)14(2)34)21-29-22-17-8-18(25)20(35-5)9-19(17)28-23(26)33(22)30-21/h8-10,12-15,34H,6-7,11H2,1-5H3,(H2,26,28)/t13-,14-,15+/m1/s1. The van der Waals surface area contributed by atoms with Crippen LogP contribution in [-0.2, 0) is 5.54 Å². The minimum absolute atomic E-state index is 0.0526. The first kappa shape index (κ1) is 23.3. The van der Waals surface area contributed by atoms with Crippen LogP contribution in [0.2, 0.25) is 0 Å². The van der Waals surface area contributed by atoms with Gasteiger partial charge in [0.2, 0.25) is 5.95 Å². The molecule has 11 heteroatoms. The van der Waals surface area contributed by atoms with Gasteiger partial charge >= 0.3 is 0 Å². The average Bonchev–Trinajstić information content (AvgIpc) is 3.48. The molecular formula is C24H31FN8O2. The van der Waals surface area contributed by atoms with Crippen LogP contribution in [0.5, 0.6) is 5.75 Å². The molecule has 3 atom stereocenters. The van der Waals surface area contributed by atoms with Gasteiger partial charge in [-0.15, -0.1) is 5.10 Å². The fourth-order valence-corrected chi connectivity index (χ4v) is 4.62. The maximum atomic E-state index is 14.5. The van der Waals surface area contributed by atoms with Crippen molar-refractivity contribution < 1.29 is 14.2 Å². The van der Waals surface area contributed by atoms with E-state index >= 15 is 0 Å². The summed E-state index contributed by atoms with van der Waals surface area (Å²) in [4.78, 5) is 11.5. The Morgan fingerprint density at radius 3 is 2.74 bits per heavy atom. The number of aromatic nitrogens is 6. The zero-order chi connectivity index (χ0) is 25.1. The SMILES string of the molecule is COc1cc2nc(N)n3nc([C@H]4CC[C@@H](C)N(c5cnn(C(C)(C)[C@@H](C)O)c5)C4)nc3c2cc1F. The summed E-state index contributed by atoms with van der Waals surface area (Å²) in [6, 6.07) is 3.19. The Bertz CT molecular complexity index is 1400. The van der Waals surface area contributed by atoms with Crippen LogP contribution in [0.1, 0.15) is 52.3 Å². The third-order valence-electron chi connectivity index (χ3n) is 7.35. The fraction of sp³-hybridized carbons (Fsp3) is 0.500. The highest BCUT2D eigenvalue weighted by Gasteiger charge is 2.32. The molecule has 3 N–H and O–H groups in total. The molecule has 35 heavy (non-hydrogen) atoms. The third kappa shape index (κ3) is 3.83. The predicted octanol–water partition coefficient (Wildman–Crippen LogP) is 3.09. The minimum atomic E-state index is -0.553. The Morgan fingerprint density at radius 2 is 2.03 bits per heavy atom. The summed E-state index contributed by atoms with van der Waals surface area (Å²) in [6.45, 7) is 8.57.